The van der Waals surface area contributed by atoms with Crippen molar-refractivity contribution in [3.8, 4) is 0 Å². The standard InChI is InChI=1S/C18H17NO2S/c1-14-12-19-13-18(19,15-8-4-2-5-9-15)17(14)22(20,21)16-10-6-3-7-11-16/h2-11,17H,1,12-13H2. The van der Waals surface area contributed by atoms with Gasteiger partial charge in [0.05, 0.1) is 10.4 Å². The van der Waals surface area contributed by atoms with Crippen LogP contribution in [0.3, 0.4) is 0 Å². The summed E-state index contributed by atoms with van der Waals surface area (Å²) < 4.78 is 26.3. The Morgan fingerprint density at radius 2 is 1.59 bits per heavy atom. The van der Waals surface area contributed by atoms with Gasteiger partial charge in [-0.15, -0.1) is 0 Å². The van der Waals surface area contributed by atoms with Crippen molar-refractivity contribution >= 4 is 9.84 Å². The predicted octanol–water partition coefficient (Wildman–Crippen LogP) is 2.61. The second-order valence-electron chi connectivity index (χ2n) is 6.04. The molecule has 2 aromatic carbocycles. The lowest BCUT2D eigenvalue weighted by atomic mass is 9.94. The van der Waals surface area contributed by atoms with Gasteiger partial charge in [0.1, 0.15) is 5.25 Å². The minimum absolute atomic E-state index is 0.380. The van der Waals surface area contributed by atoms with E-state index < -0.39 is 20.6 Å². The molecule has 112 valence electrons. The molecule has 0 bridgehead atoms. The molecule has 0 aromatic heterocycles. The molecule has 3 nitrogen and oxygen atoms in total. The zero-order valence-electron chi connectivity index (χ0n) is 12.1. The molecular formula is C18H17NO2S. The zero-order valence-corrected chi connectivity index (χ0v) is 13.0. The lowest BCUT2D eigenvalue weighted by molar-refractivity contribution is 0.503. The molecule has 2 fully saturated rings. The predicted molar refractivity (Wildman–Crippen MR) is 86.2 cm³/mol. The Morgan fingerprint density at radius 1 is 1.00 bits per heavy atom. The normalized spacial score (nSPS) is 30.1. The third-order valence-corrected chi connectivity index (χ3v) is 7.02. The first kappa shape index (κ1) is 13.7. The molecule has 2 aliphatic heterocycles. The summed E-state index contributed by atoms with van der Waals surface area (Å²) in [4.78, 5) is 2.58. The highest BCUT2D eigenvalue weighted by atomic mass is 32.2. The van der Waals surface area contributed by atoms with Gasteiger partial charge < -0.3 is 0 Å². The molecule has 2 aliphatic rings. The monoisotopic (exact) mass is 311 g/mol. The van der Waals surface area contributed by atoms with Gasteiger partial charge in [0.2, 0.25) is 0 Å². The van der Waals surface area contributed by atoms with E-state index in [1.54, 1.807) is 24.3 Å². The summed E-state index contributed by atoms with van der Waals surface area (Å²) in [6.07, 6.45) is 0. The molecule has 4 rings (SSSR count). The molecule has 0 amide bonds. The lowest BCUT2D eigenvalue weighted by Crippen LogP contribution is -2.34. The largest absolute Gasteiger partial charge is 0.285 e. The van der Waals surface area contributed by atoms with Crippen LogP contribution in [0.5, 0.6) is 0 Å². The van der Waals surface area contributed by atoms with Crippen LogP contribution in [0.25, 0.3) is 0 Å². The molecule has 0 N–H and O–H groups in total. The van der Waals surface area contributed by atoms with Crippen LogP contribution in [-0.2, 0) is 15.4 Å². The maximum Gasteiger partial charge on any atom is 0.187 e. The van der Waals surface area contributed by atoms with Crippen LogP contribution >= 0.6 is 0 Å². The molecule has 3 unspecified atom stereocenters. The van der Waals surface area contributed by atoms with Crippen molar-refractivity contribution < 1.29 is 8.42 Å². The fraction of sp³-hybridized carbons (Fsp3) is 0.222. The van der Waals surface area contributed by atoms with Crippen LogP contribution in [0.2, 0.25) is 0 Å². The number of nitrogens with zero attached hydrogens (tertiary/aromatic N) is 1. The number of hydrogen-bond acceptors (Lipinski definition) is 3. The molecule has 2 heterocycles. The van der Waals surface area contributed by atoms with Crippen molar-refractivity contribution in [2.24, 2.45) is 0 Å². The highest BCUT2D eigenvalue weighted by Crippen LogP contribution is 2.56. The highest BCUT2D eigenvalue weighted by molar-refractivity contribution is 7.92. The summed E-state index contributed by atoms with van der Waals surface area (Å²) in [7, 11) is -3.44. The second-order valence-corrected chi connectivity index (χ2v) is 8.08. The quantitative estimate of drug-likeness (QED) is 0.646. The Labute approximate surface area is 130 Å². The average molecular weight is 311 g/mol. The van der Waals surface area contributed by atoms with Gasteiger partial charge in [-0.2, -0.15) is 0 Å². The van der Waals surface area contributed by atoms with E-state index in [9.17, 15) is 8.42 Å². The van der Waals surface area contributed by atoms with Crippen molar-refractivity contribution in [3.63, 3.8) is 0 Å². The van der Waals surface area contributed by atoms with E-state index in [2.05, 4.69) is 11.5 Å². The highest BCUT2D eigenvalue weighted by Gasteiger charge is 2.67. The molecule has 4 heteroatoms. The van der Waals surface area contributed by atoms with Crippen molar-refractivity contribution in [2.75, 3.05) is 13.1 Å². The third kappa shape index (κ3) is 1.74. The zero-order chi connectivity index (χ0) is 15.4. The van der Waals surface area contributed by atoms with Crippen molar-refractivity contribution in [2.45, 2.75) is 15.7 Å². The molecule has 2 aromatic rings. The van der Waals surface area contributed by atoms with Gasteiger partial charge in [-0.25, -0.2) is 8.42 Å². The van der Waals surface area contributed by atoms with Gasteiger partial charge >= 0.3 is 0 Å². The van der Waals surface area contributed by atoms with E-state index in [4.69, 9.17) is 0 Å². The summed E-state index contributed by atoms with van der Waals surface area (Å²) in [5, 5.41) is -0.565. The molecule has 2 saturated heterocycles. The van der Waals surface area contributed by atoms with Gasteiger partial charge in [0, 0.05) is 13.1 Å². The Morgan fingerprint density at radius 3 is 2.23 bits per heavy atom. The minimum atomic E-state index is -3.44. The SMILES string of the molecule is C=C1CN2CC2(c2ccccc2)C1S(=O)(=O)c1ccccc1. The first-order chi connectivity index (χ1) is 10.6. The molecule has 0 aliphatic carbocycles. The minimum Gasteiger partial charge on any atom is -0.285 e. The summed E-state index contributed by atoms with van der Waals surface area (Å²) >= 11 is 0. The second kappa shape index (κ2) is 4.54. The molecule has 0 spiro atoms. The Kier molecular flexibility index (Phi) is 2.83. The maximum atomic E-state index is 13.2. The van der Waals surface area contributed by atoms with Crippen LogP contribution in [-0.4, -0.2) is 31.7 Å². The summed E-state index contributed by atoms with van der Waals surface area (Å²) in [6.45, 7) is 5.50. The Balaban J connectivity index is 1.85. The number of rotatable bonds is 3. The van der Waals surface area contributed by atoms with Gasteiger partial charge in [0.25, 0.3) is 0 Å². The fourth-order valence-electron chi connectivity index (χ4n) is 3.74. The van der Waals surface area contributed by atoms with Crippen LogP contribution in [0.15, 0.2) is 77.7 Å². The number of sulfone groups is 1. The first-order valence-electron chi connectivity index (χ1n) is 7.34. The van der Waals surface area contributed by atoms with Gasteiger partial charge in [0.15, 0.2) is 9.84 Å². The first-order valence-corrected chi connectivity index (χ1v) is 8.88. The number of hydrogen-bond donors (Lipinski definition) is 0. The van der Waals surface area contributed by atoms with Crippen molar-refractivity contribution in [3.05, 3.63) is 78.4 Å². The maximum absolute atomic E-state index is 13.2. The molecular weight excluding hydrogens is 294 g/mol. The average Bonchev–Trinajstić information content (AvgIpc) is 3.15. The van der Waals surface area contributed by atoms with Crippen LogP contribution in [0, 0.1) is 0 Å². The lowest BCUT2D eigenvalue weighted by Gasteiger charge is -2.23. The fourth-order valence-corrected chi connectivity index (χ4v) is 5.94. The smallest absolute Gasteiger partial charge is 0.187 e. The molecule has 0 saturated carbocycles. The van der Waals surface area contributed by atoms with Crippen molar-refractivity contribution in [1.82, 2.24) is 4.90 Å². The van der Waals surface area contributed by atoms with E-state index in [0.717, 1.165) is 17.7 Å². The number of piperidine rings is 1. The summed E-state index contributed by atoms with van der Waals surface area (Å²) in [5.41, 5.74) is 1.43. The topological polar surface area (TPSA) is 37.1 Å². The van der Waals surface area contributed by atoms with Crippen molar-refractivity contribution in [1.29, 1.82) is 0 Å². The van der Waals surface area contributed by atoms with Gasteiger partial charge in [-0.3, -0.25) is 4.90 Å². The summed E-state index contributed by atoms with van der Waals surface area (Å²) in [6, 6.07) is 18.6. The molecule has 0 radical (unpaired) electrons. The molecule has 3 atom stereocenters. The third-order valence-electron chi connectivity index (χ3n) is 4.75. The summed E-state index contributed by atoms with van der Waals surface area (Å²) in [5.74, 6) is 0. The van der Waals surface area contributed by atoms with E-state index in [0.29, 0.717) is 11.4 Å². The number of fused-ring (bicyclic) bond motifs is 1. The Bertz CT molecular complexity index is 830. The van der Waals surface area contributed by atoms with E-state index in [1.165, 1.54) is 0 Å². The van der Waals surface area contributed by atoms with E-state index in [1.807, 2.05) is 36.4 Å². The Hall–Kier alpha value is -1.91. The van der Waals surface area contributed by atoms with E-state index in [-0.39, 0.29) is 0 Å². The molecule has 22 heavy (non-hydrogen) atoms. The van der Waals surface area contributed by atoms with Crippen LogP contribution < -0.4 is 0 Å². The van der Waals surface area contributed by atoms with E-state index >= 15 is 0 Å². The van der Waals surface area contributed by atoms with Crippen LogP contribution in [0.4, 0.5) is 0 Å². The van der Waals surface area contributed by atoms with Crippen LogP contribution in [0.1, 0.15) is 5.56 Å². The number of benzene rings is 2. The van der Waals surface area contributed by atoms with Gasteiger partial charge in [-0.1, -0.05) is 55.1 Å². The van der Waals surface area contributed by atoms with Gasteiger partial charge in [-0.05, 0) is 23.3 Å².